The summed E-state index contributed by atoms with van der Waals surface area (Å²) >= 11 is 0. The summed E-state index contributed by atoms with van der Waals surface area (Å²) in [5.41, 5.74) is -0.714. The van der Waals surface area contributed by atoms with Gasteiger partial charge in [0.15, 0.2) is 0 Å². The van der Waals surface area contributed by atoms with Crippen LogP contribution < -0.4 is 16.0 Å². The van der Waals surface area contributed by atoms with E-state index in [9.17, 15) is 24.0 Å². The fourth-order valence-electron chi connectivity index (χ4n) is 4.66. The lowest BCUT2D eigenvalue weighted by Gasteiger charge is -2.32. The smallest absolute Gasteiger partial charge is 0.408 e. The van der Waals surface area contributed by atoms with Gasteiger partial charge >= 0.3 is 6.09 Å². The monoisotopic (exact) mass is 504 g/mol. The lowest BCUT2D eigenvalue weighted by molar-refractivity contribution is -0.143. The number of nitrogens with one attached hydrogen (secondary N) is 3. The van der Waals surface area contributed by atoms with Gasteiger partial charge in [-0.25, -0.2) is 4.79 Å². The third-order valence-corrected chi connectivity index (χ3v) is 6.31. The maximum absolute atomic E-state index is 13.6. The summed E-state index contributed by atoms with van der Waals surface area (Å²) in [6.07, 6.45) is 6.84. The van der Waals surface area contributed by atoms with Crippen molar-refractivity contribution in [2.75, 3.05) is 13.1 Å². The second-order valence-electron chi connectivity index (χ2n) is 10.3. The molecule has 1 saturated carbocycles. The molecule has 10 heteroatoms. The van der Waals surface area contributed by atoms with Gasteiger partial charge in [-0.2, -0.15) is 0 Å². The number of alkyl carbamates (subject to hydrolysis) is 1. The molecule has 1 unspecified atom stereocenters. The Bertz CT molecular complexity index is 859. The molecule has 0 aromatic heterocycles. The molecule has 2 aliphatic rings. The van der Waals surface area contributed by atoms with Crippen molar-refractivity contribution >= 4 is 29.6 Å². The van der Waals surface area contributed by atoms with Crippen LogP contribution in [0.3, 0.4) is 0 Å². The van der Waals surface area contributed by atoms with E-state index in [1.54, 1.807) is 20.8 Å². The van der Waals surface area contributed by atoms with Gasteiger partial charge in [-0.15, -0.1) is 13.2 Å². The zero-order valence-corrected chi connectivity index (χ0v) is 21.6. The van der Waals surface area contributed by atoms with Gasteiger partial charge in [0.2, 0.25) is 17.6 Å². The molecule has 10 nitrogen and oxygen atoms in total. The molecule has 0 aromatic rings. The minimum absolute atomic E-state index is 0.0435. The summed E-state index contributed by atoms with van der Waals surface area (Å²) in [6.45, 7) is 12.8. The second-order valence-corrected chi connectivity index (χ2v) is 10.3. The van der Waals surface area contributed by atoms with E-state index in [2.05, 4.69) is 29.1 Å². The topological polar surface area (TPSA) is 134 Å². The van der Waals surface area contributed by atoms with Crippen molar-refractivity contribution in [3.8, 4) is 0 Å². The van der Waals surface area contributed by atoms with Crippen LogP contribution in [0, 0.1) is 5.92 Å². The van der Waals surface area contributed by atoms with Crippen LogP contribution in [-0.4, -0.2) is 71.3 Å². The fourth-order valence-corrected chi connectivity index (χ4v) is 4.66. The van der Waals surface area contributed by atoms with Crippen LogP contribution in [0.4, 0.5) is 4.79 Å². The molecule has 3 N–H and O–H groups in total. The van der Waals surface area contributed by atoms with Crippen LogP contribution in [-0.2, 0) is 23.9 Å². The van der Waals surface area contributed by atoms with E-state index < -0.39 is 47.4 Å². The zero-order chi connectivity index (χ0) is 26.9. The second kappa shape index (κ2) is 13.2. The van der Waals surface area contributed by atoms with Crippen LogP contribution in [0.5, 0.6) is 0 Å². The van der Waals surface area contributed by atoms with Crippen molar-refractivity contribution in [1.82, 2.24) is 20.9 Å². The quantitative estimate of drug-likeness (QED) is 0.291. The SMILES string of the molecule is C=CCNC(=O)C(=O)C(CC=C)NC(=O)[C@@H]1CCCN1C(=O)[C@@H](NC(=O)OC(C)(C)C)C1CCCC1. The number of amides is 4. The summed E-state index contributed by atoms with van der Waals surface area (Å²) in [5, 5.41) is 7.80. The van der Waals surface area contributed by atoms with E-state index >= 15 is 0 Å². The molecular formula is C26H40N4O6. The normalized spacial score (nSPS) is 19.6. The summed E-state index contributed by atoms with van der Waals surface area (Å²) in [5.74, 6) is -2.51. The van der Waals surface area contributed by atoms with Crippen LogP contribution in [0.1, 0.15) is 65.7 Å². The Morgan fingerprint density at radius 3 is 2.25 bits per heavy atom. The molecule has 0 radical (unpaired) electrons. The van der Waals surface area contributed by atoms with Gasteiger partial charge in [0, 0.05) is 13.1 Å². The summed E-state index contributed by atoms with van der Waals surface area (Å²) in [4.78, 5) is 65.5. The van der Waals surface area contributed by atoms with Crippen molar-refractivity contribution in [2.45, 2.75) is 89.4 Å². The van der Waals surface area contributed by atoms with Crippen molar-refractivity contribution in [2.24, 2.45) is 5.92 Å². The highest BCUT2D eigenvalue weighted by molar-refractivity contribution is 6.38. The highest BCUT2D eigenvalue weighted by atomic mass is 16.6. The van der Waals surface area contributed by atoms with Gasteiger partial charge in [0.05, 0.1) is 0 Å². The lowest BCUT2D eigenvalue weighted by Crippen LogP contribution is -2.57. The molecule has 0 spiro atoms. The molecule has 1 heterocycles. The first-order chi connectivity index (χ1) is 17.0. The first kappa shape index (κ1) is 29.1. The first-order valence-electron chi connectivity index (χ1n) is 12.6. The Morgan fingerprint density at radius 1 is 1.00 bits per heavy atom. The van der Waals surface area contributed by atoms with Gasteiger partial charge in [0.1, 0.15) is 23.7 Å². The molecule has 1 aliphatic carbocycles. The highest BCUT2D eigenvalue weighted by Gasteiger charge is 2.42. The molecule has 36 heavy (non-hydrogen) atoms. The number of carbonyl (C=O) groups excluding carboxylic acids is 5. The van der Waals surface area contributed by atoms with E-state index in [-0.39, 0.29) is 24.8 Å². The standard InChI is InChI=1S/C26H40N4O6/c1-6-11-18(21(31)23(33)27-15-7-2)28-22(32)19-14-10-16-30(19)24(34)20(17-12-8-9-13-17)29-25(35)36-26(3,4)5/h6-7,17-20H,1-2,8-16H2,3-5H3,(H,27,33)(H,28,32)(H,29,35)/t18?,19-,20-/m0/s1. The van der Waals surface area contributed by atoms with Crippen molar-refractivity contribution in [3.05, 3.63) is 25.3 Å². The number of Topliss-reactive ketones (excluding diaryl/α,β-unsaturated/α-hetero) is 1. The summed E-state index contributed by atoms with van der Waals surface area (Å²) in [6, 6.07) is -2.70. The average Bonchev–Trinajstić information content (AvgIpc) is 3.51. The van der Waals surface area contributed by atoms with Crippen LogP contribution in [0.15, 0.2) is 25.3 Å². The molecular weight excluding hydrogens is 464 g/mol. The molecule has 1 aliphatic heterocycles. The average molecular weight is 505 g/mol. The molecule has 1 saturated heterocycles. The molecule has 4 amide bonds. The van der Waals surface area contributed by atoms with Gasteiger partial charge in [-0.05, 0) is 58.8 Å². The summed E-state index contributed by atoms with van der Waals surface area (Å²) < 4.78 is 5.38. The van der Waals surface area contributed by atoms with Crippen molar-refractivity contribution in [3.63, 3.8) is 0 Å². The van der Waals surface area contributed by atoms with Crippen LogP contribution in [0.2, 0.25) is 0 Å². The fraction of sp³-hybridized carbons (Fsp3) is 0.654. The van der Waals surface area contributed by atoms with Crippen molar-refractivity contribution in [1.29, 1.82) is 0 Å². The minimum Gasteiger partial charge on any atom is -0.444 e. The number of carbonyl (C=O) groups is 5. The summed E-state index contributed by atoms with van der Waals surface area (Å²) in [7, 11) is 0. The Morgan fingerprint density at radius 2 is 1.67 bits per heavy atom. The van der Waals surface area contributed by atoms with Crippen LogP contribution in [0.25, 0.3) is 0 Å². The Labute approximate surface area is 213 Å². The molecule has 2 rings (SSSR count). The number of ether oxygens (including phenoxy) is 1. The number of hydrogen-bond donors (Lipinski definition) is 3. The van der Waals surface area contributed by atoms with Gasteiger partial charge in [0.25, 0.3) is 5.91 Å². The van der Waals surface area contributed by atoms with Gasteiger partial charge < -0.3 is 25.6 Å². The number of rotatable bonds is 11. The molecule has 2 fully saturated rings. The number of hydrogen-bond acceptors (Lipinski definition) is 6. The first-order valence-corrected chi connectivity index (χ1v) is 12.6. The largest absolute Gasteiger partial charge is 0.444 e. The van der Waals surface area contributed by atoms with E-state index in [1.165, 1.54) is 17.1 Å². The molecule has 3 atom stereocenters. The maximum Gasteiger partial charge on any atom is 0.408 e. The molecule has 0 bridgehead atoms. The third kappa shape index (κ3) is 8.20. The van der Waals surface area contributed by atoms with Gasteiger partial charge in [-0.1, -0.05) is 25.0 Å². The third-order valence-electron chi connectivity index (χ3n) is 6.31. The predicted octanol–water partition coefficient (Wildman–Crippen LogP) is 1.99. The van der Waals surface area contributed by atoms with Crippen LogP contribution >= 0.6 is 0 Å². The van der Waals surface area contributed by atoms with E-state index in [1.807, 2.05) is 0 Å². The number of likely N-dealkylation sites (tertiary alicyclic amines) is 1. The van der Waals surface area contributed by atoms with Gasteiger partial charge in [-0.3, -0.25) is 19.2 Å². The zero-order valence-electron chi connectivity index (χ0n) is 21.6. The number of ketones is 1. The highest BCUT2D eigenvalue weighted by Crippen LogP contribution is 2.30. The Kier molecular flexibility index (Phi) is 10.7. The maximum atomic E-state index is 13.6. The Balaban J connectivity index is 2.15. The minimum atomic E-state index is -1.09. The lowest BCUT2D eigenvalue weighted by atomic mass is 9.96. The van der Waals surface area contributed by atoms with E-state index in [0.717, 1.165) is 25.7 Å². The van der Waals surface area contributed by atoms with Crippen molar-refractivity contribution < 1.29 is 28.7 Å². The molecule has 200 valence electrons. The Hall–Kier alpha value is -3.17. The predicted molar refractivity (Wildman–Crippen MR) is 135 cm³/mol. The number of nitrogens with zero attached hydrogens (tertiary/aromatic N) is 1. The van der Waals surface area contributed by atoms with E-state index in [4.69, 9.17) is 4.74 Å². The van der Waals surface area contributed by atoms with E-state index in [0.29, 0.717) is 19.4 Å². The molecule has 0 aromatic carbocycles.